The van der Waals surface area contributed by atoms with Crippen LogP contribution in [0.3, 0.4) is 0 Å². The molecule has 0 aliphatic heterocycles. The number of hydrogen-bond donors (Lipinski definition) is 1. The number of carbonyl (C=O) groups is 1. The maximum absolute atomic E-state index is 11.1. The number of methoxy groups -OCH3 is 1. The smallest absolute Gasteiger partial charge is 0.425 e. The van der Waals surface area contributed by atoms with Crippen molar-refractivity contribution in [3.63, 3.8) is 0 Å². The first-order valence-corrected chi connectivity index (χ1v) is 3.47. The van der Waals surface area contributed by atoms with Crippen LogP contribution in [0, 0.1) is 6.92 Å². The van der Waals surface area contributed by atoms with Gasteiger partial charge in [-0.15, -0.1) is 0 Å². The van der Waals surface area contributed by atoms with Crippen LogP contribution in [0.25, 0.3) is 0 Å². The summed E-state index contributed by atoms with van der Waals surface area (Å²) in [5.74, 6) is 0. The summed E-state index contributed by atoms with van der Waals surface area (Å²) < 4.78 is 4.62. The van der Waals surface area contributed by atoms with E-state index in [1.54, 1.807) is 6.92 Å². The third-order valence-electron chi connectivity index (χ3n) is 1.42. The molecule has 0 saturated carbocycles. The number of aryl methyl sites for hydroxylation is 1. The summed E-state index contributed by atoms with van der Waals surface area (Å²) in [7, 11) is 1.09. The molecule has 0 aromatic carbocycles. The number of nitrogens with zero attached hydrogens (tertiary/aromatic N) is 1. The minimum atomic E-state index is -0.994. The summed E-state index contributed by atoms with van der Waals surface area (Å²) in [5, 5.41) is 0. The van der Waals surface area contributed by atoms with E-state index in [0.717, 1.165) is 13.2 Å². The van der Waals surface area contributed by atoms with Crippen LogP contribution in [0.5, 0.6) is 0 Å². The topological polar surface area (TPSA) is 81.2 Å². The number of aromatic nitrogens is 2. The summed E-state index contributed by atoms with van der Waals surface area (Å²) in [4.78, 5) is 35.4. The summed E-state index contributed by atoms with van der Waals surface area (Å²) >= 11 is 0. The van der Waals surface area contributed by atoms with Gasteiger partial charge in [-0.3, -0.25) is 4.79 Å². The minimum absolute atomic E-state index is 0.382. The van der Waals surface area contributed by atoms with E-state index in [0.29, 0.717) is 10.3 Å². The van der Waals surface area contributed by atoms with Crippen LogP contribution in [0.4, 0.5) is 4.79 Å². The van der Waals surface area contributed by atoms with Crippen molar-refractivity contribution < 1.29 is 9.53 Å². The lowest BCUT2D eigenvalue weighted by Gasteiger charge is -2.00. The molecule has 1 heterocycles. The average molecular weight is 184 g/mol. The van der Waals surface area contributed by atoms with Crippen LogP contribution in [-0.2, 0) is 4.74 Å². The van der Waals surface area contributed by atoms with Crippen LogP contribution >= 0.6 is 0 Å². The average Bonchev–Trinajstić information content (AvgIpc) is 2.02. The van der Waals surface area contributed by atoms with Crippen molar-refractivity contribution in [2.45, 2.75) is 6.92 Å². The fourth-order valence-electron chi connectivity index (χ4n) is 0.875. The highest BCUT2D eigenvalue weighted by Crippen LogP contribution is 1.81. The van der Waals surface area contributed by atoms with E-state index in [4.69, 9.17) is 0 Å². The SMILES string of the molecule is COC(=O)n1c(=O)cc(C)[nH]c1=O. The second-order valence-electron chi connectivity index (χ2n) is 2.40. The number of H-pyrrole nitrogens is 1. The van der Waals surface area contributed by atoms with E-state index in [-0.39, 0.29) is 0 Å². The van der Waals surface area contributed by atoms with Crippen LogP contribution in [-0.4, -0.2) is 22.8 Å². The Hall–Kier alpha value is -1.85. The number of aromatic amines is 1. The Morgan fingerprint density at radius 3 is 2.62 bits per heavy atom. The molecule has 1 N–H and O–H groups in total. The summed E-state index contributed by atoms with van der Waals surface area (Å²) in [6, 6.07) is 1.14. The predicted octanol–water partition coefficient (Wildman–Crippen LogP) is -0.540. The van der Waals surface area contributed by atoms with E-state index in [1.807, 2.05) is 0 Å². The molecule has 1 aromatic heterocycles. The second kappa shape index (κ2) is 3.26. The van der Waals surface area contributed by atoms with E-state index in [1.165, 1.54) is 0 Å². The van der Waals surface area contributed by atoms with Crippen LogP contribution in [0.1, 0.15) is 5.69 Å². The Labute approximate surface area is 72.8 Å². The van der Waals surface area contributed by atoms with Gasteiger partial charge in [0.2, 0.25) is 0 Å². The lowest BCUT2D eigenvalue weighted by molar-refractivity contribution is 0.170. The van der Waals surface area contributed by atoms with Crippen molar-refractivity contribution in [1.29, 1.82) is 0 Å². The zero-order valence-corrected chi connectivity index (χ0v) is 7.16. The van der Waals surface area contributed by atoms with E-state index in [9.17, 15) is 14.4 Å². The Bertz CT molecular complexity index is 411. The molecule has 0 bridgehead atoms. The van der Waals surface area contributed by atoms with Crippen molar-refractivity contribution in [2.24, 2.45) is 0 Å². The standard InChI is InChI=1S/C7H8N2O4/c1-4-3-5(10)9(6(11)8-4)7(12)13-2/h3H,1-2H3,(H,8,11). The summed E-state index contributed by atoms with van der Waals surface area (Å²) in [5.41, 5.74) is -1.10. The van der Waals surface area contributed by atoms with Gasteiger partial charge in [-0.05, 0) is 6.92 Å². The zero-order chi connectivity index (χ0) is 10.0. The van der Waals surface area contributed by atoms with Gasteiger partial charge in [0.05, 0.1) is 7.11 Å². The van der Waals surface area contributed by atoms with Gasteiger partial charge in [0.15, 0.2) is 0 Å². The lowest BCUT2D eigenvalue weighted by atomic mass is 10.4. The molecule has 6 nitrogen and oxygen atoms in total. The van der Waals surface area contributed by atoms with Gasteiger partial charge in [0.1, 0.15) is 0 Å². The van der Waals surface area contributed by atoms with Gasteiger partial charge in [-0.1, -0.05) is 0 Å². The number of hydrogen-bond acceptors (Lipinski definition) is 4. The molecule has 13 heavy (non-hydrogen) atoms. The molecule has 0 aliphatic rings. The van der Waals surface area contributed by atoms with Gasteiger partial charge in [-0.25, -0.2) is 9.59 Å². The van der Waals surface area contributed by atoms with Gasteiger partial charge in [0.25, 0.3) is 5.56 Å². The predicted molar refractivity (Wildman–Crippen MR) is 43.9 cm³/mol. The van der Waals surface area contributed by atoms with Crippen molar-refractivity contribution in [1.82, 2.24) is 9.55 Å². The number of ether oxygens (including phenoxy) is 1. The monoisotopic (exact) mass is 184 g/mol. The normalized spacial score (nSPS) is 9.69. The van der Waals surface area contributed by atoms with Crippen molar-refractivity contribution in [2.75, 3.05) is 7.11 Å². The molecule has 1 aromatic rings. The quantitative estimate of drug-likeness (QED) is 0.587. The molecule has 0 radical (unpaired) electrons. The van der Waals surface area contributed by atoms with Gasteiger partial charge in [-0.2, -0.15) is 4.57 Å². The molecule has 0 unspecified atom stereocenters. The third kappa shape index (κ3) is 1.66. The highest BCUT2D eigenvalue weighted by Gasteiger charge is 2.10. The summed E-state index contributed by atoms with van der Waals surface area (Å²) in [6.45, 7) is 1.55. The van der Waals surface area contributed by atoms with Crippen LogP contribution in [0.15, 0.2) is 15.7 Å². The van der Waals surface area contributed by atoms with E-state index < -0.39 is 17.3 Å². The molecular formula is C7H8N2O4. The maximum atomic E-state index is 11.1. The highest BCUT2D eigenvalue weighted by molar-refractivity contribution is 5.69. The third-order valence-corrected chi connectivity index (χ3v) is 1.42. The molecule has 70 valence electrons. The Morgan fingerprint density at radius 1 is 1.54 bits per heavy atom. The largest absolute Gasteiger partial charge is 0.452 e. The number of nitrogens with one attached hydrogen (secondary N) is 1. The molecule has 1 rings (SSSR count). The zero-order valence-electron chi connectivity index (χ0n) is 7.16. The molecule has 0 atom stereocenters. The number of rotatable bonds is 0. The second-order valence-corrected chi connectivity index (χ2v) is 2.40. The first-order valence-electron chi connectivity index (χ1n) is 3.47. The van der Waals surface area contributed by atoms with Crippen molar-refractivity contribution in [3.05, 3.63) is 32.6 Å². The maximum Gasteiger partial charge on any atom is 0.425 e. The first kappa shape index (κ1) is 9.24. The molecular weight excluding hydrogens is 176 g/mol. The fraction of sp³-hybridized carbons (Fsp3) is 0.286. The minimum Gasteiger partial charge on any atom is -0.452 e. The van der Waals surface area contributed by atoms with Gasteiger partial charge >= 0.3 is 11.8 Å². The van der Waals surface area contributed by atoms with Gasteiger partial charge in [0, 0.05) is 11.8 Å². The lowest BCUT2D eigenvalue weighted by Crippen LogP contribution is -2.39. The van der Waals surface area contributed by atoms with Crippen LogP contribution in [0.2, 0.25) is 0 Å². The molecule has 0 fully saturated rings. The van der Waals surface area contributed by atoms with E-state index in [2.05, 4.69) is 9.72 Å². The molecule has 0 amide bonds. The molecule has 0 saturated heterocycles. The highest BCUT2D eigenvalue weighted by atomic mass is 16.5. The Balaban J connectivity index is 3.47. The summed E-state index contributed by atoms with van der Waals surface area (Å²) in [6.07, 6.45) is -0.994. The van der Waals surface area contributed by atoms with Crippen molar-refractivity contribution in [3.8, 4) is 0 Å². The number of carbonyl (C=O) groups excluding carboxylic acids is 1. The molecule has 0 spiro atoms. The molecule has 6 heteroatoms. The Kier molecular flexibility index (Phi) is 2.32. The fourth-order valence-corrected chi connectivity index (χ4v) is 0.875. The van der Waals surface area contributed by atoms with E-state index >= 15 is 0 Å². The Morgan fingerprint density at radius 2 is 2.15 bits per heavy atom. The van der Waals surface area contributed by atoms with Crippen molar-refractivity contribution >= 4 is 6.09 Å². The molecule has 0 aliphatic carbocycles. The van der Waals surface area contributed by atoms with Crippen LogP contribution < -0.4 is 11.2 Å². The van der Waals surface area contributed by atoms with Gasteiger partial charge < -0.3 is 9.72 Å². The first-order chi connectivity index (χ1) is 6.06.